The molecule has 4 nitrogen and oxygen atoms in total. The molecule has 1 N–H and O–H groups in total. The lowest BCUT2D eigenvalue weighted by Crippen LogP contribution is -2.20. The second kappa shape index (κ2) is 3.53. The molecule has 0 unspecified atom stereocenters. The summed E-state index contributed by atoms with van der Waals surface area (Å²) in [5.74, 6) is -0.648. The van der Waals surface area contributed by atoms with E-state index in [-0.39, 0.29) is 28.5 Å². The Morgan fingerprint density at radius 2 is 2.08 bits per heavy atom. The summed E-state index contributed by atoms with van der Waals surface area (Å²) < 4.78 is 4.76. The van der Waals surface area contributed by atoms with Gasteiger partial charge in [-0.25, -0.2) is 0 Å². The summed E-state index contributed by atoms with van der Waals surface area (Å²) in [4.78, 5) is 22.6. The zero-order valence-electron chi connectivity index (χ0n) is 7.46. The first kappa shape index (κ1) is 9.67. The van der Waals surface area contributed by atoms with E-state index in [9.17, 15) is 9.59 Å². The quantitative estimate of drug-likeness (QED) is 0.609. The van der Waals surface area contributed by atoms with Crippen LogP contribution in [0.4, 0.5) is 0 Å². The minimum atomic E-state index is -0.418. The Labute approximate surface area is 75.5 Å². The zero-order valence-corrected chi connectivity index (χ0v) is 7.46. The number of carbonyl (C=O) groups is 2. The first-order valence-electron chi connectivity index (χ1n) is 3.77. The van der Waals surface area contributed by atoms with Crippen molar-refractivity contribution in [2.24, 2.45) is 0 Å². The molecule has 0 aromatic carbocycles. The Morgan fingerprint density at radius 3 is 2.54 bits per heavy atom. The minimum absolute atomic E-state index is 0.0576. The van der Waals surface area contributed by atoms with E-state index < -0.39 is 6.61 Å². The summed E-state index contributed by atoms with van der Waals surface area (Å²) in [6, 6.07) is 0. The molecule has 0 spiro atoms. The molecule has 1 aliphatic carbocycles. The lowest BCUT2D eigenvalue weighted by atomic mass is 9.96. The monoisotopic (exact) mass is 182 g/mol. The van der Waals surface area contributed by atoms with Crippen molar-refractivity contribution in [1.29, 1.82) is 0 Å². The van der Waals surface area contributed by atoms with Gasteiger partial charge in [0.05, 0.1) is 13.7 Å². The van der Waals surface area contributed by atoms with Crippen molar-refractivity contribution in [3.63, 3.8) is 0 Å². The van der Waals surface area contributed by atoms with Gasteiger partial charge in [-0.15, -0.1) is 0 Å². The van der Waals surface area contributed by atoms with Crippen molar-refractivity contribution in [1.82, 2.24) is 0 Å². The summed E-state index contributed by atoms with van der Waals surface area (Å²) in [6.45, 7) is 1.08. The summed E-state index contributed by atoms with van der Waals surface area (Å²) in [5.41, 5.74) is 0.363. The van der Waals surface area contributed by atoms with Gasteiger partial charge in [0.15, 0.2) is 11.5 Å². The Balaban J connectivity index is 3.12. The van der Waals surface area contributed by atoms with Gasteiger partial charge in [-0.1, -0.05) is 0 Å². The molecule has 0 atom stereocenters. The summed E-state index contributed by atoms with van der Waals surface area (Å²) >= 11 is 0. The number of aliphatic hydroxyl groups excluding tert-OH is 1. The van der Waals surface area contributed by atoms with E-state index in [4.69, 9.17) is 9.84 Å². The van der Waals surface area contributed by atoms with Crippen LogP contribution in [-0.2, 0) is 14.3 Å². The maximum absolute atomic E-state index is 11.4. The van der Waals surface area contributed by atoms with Crippen LogP contribution < -0.4 is 0 Å². The summed E-state index contributed by atoms with van der Waals surface area (Å²) in [6.07, 6.45) is 1.11. The van der Waals surface area contributed by atoms with Crippen molar-refractivity contribution in [2.45, 2.75) is 6.92 Å². The first-order chi connectivity index (χ1) is 6.11. The van der Waals surface area contributed by atoms with Crippen molar-refractivity contribution >= 4 is 11.6 Å². The van der Waals surface area contributed by atoms with E-state index in [1.165, 1.54) is 14.0 Å². The van der Waals surface area contributed by atoms with Crippen LogP contribution in [0.1, 0.15) is 6.92 Å². The second-order valence-electron chi connectivity index (χ2n) is 2.68. The third-order valence-corrected chi connectivity index (χ3v) is 1.88. The van der Waals surface area contributed by atoms with E-state index in [1.807, 2.05) is 0 Å². The topological polar surface area (TPSA) is 63.6 Å². The molecule has 13 heavy (non-hydrogen) atoms. The minimum Gasteiger partial charge on any atom is -0.492 e. The fourth-order valence-electron chi connectivity index (χ4n) is 1.19. The van der Waals surface area contributed by atoms with Gasteiger partial charge >= 0.3 is 0 Å². The Hall–Kier alpha value is -1.42. The van der Waals surface area contributed by atoms with E-state index in [0.717, 1.165) is 6.08 Å². The molecule has 0 aromatic rings. The third-order valence-electron chi connectivity index (χ3n) is 1.88. The number of Topliss-reactive ketones (excluding diaryl/α,β-unsaturated/α-hetero) is 1. The highest BCUT2D eigenvalue weighted by molar-refractivity contribution is 6.21. The zero-order chi connectivity index (χ0) is 10.0. The van der Waals surface area contributed by atoms with Crippen LogP contribution in [0.25, 0.3) is 0 Å². The fourth-order valence-corrected chi connectivity index (χ4v) is 1.19. The van der Waals surface area contributed by atoms with E-state index in [2.05, 4.69) is 0 Å². The van der Waals surface area contributed by atoms with Gasteiger partial charge in [-0.2, -0.15) is 0 Å². The smallest absolute Gasteiger partial charge is 0.221 e. The van der Waals surface area contributed by atoms with Gasteiger partial charge in [-0.05, 0) is 13.0 Å². The lowest BCUT2D eigenvalue weighted by molar-refractivity contribution is -0.118. The fraction of sp³-hybridized carbons (Fsp3) is 0.333. The van der Waals surface area contributed by atoms with Crippen molar-refractivity contribution in [3.8, 4) is 0 Å². The number of rotatable bonds is 2. The Bertz CT molecular complexity index is 323. The Morgan fingerprint density at radius 1 is 1.46 bits per heavy atom. The van der Waals surface area contributed by atoms with E-state index in [1.54, 1.807) is 0 Å². The molecule has 1 aliphatic rings. The predicted molar refractivity (Wildman–Crippen MR) is 44.9 cm³/mol. The number of aliphatic hydroxyl groups is 1. The highest BCUT2D eigenvalue weighted by Crippen LogP contribution is 2.18. The summed E-state index contributed by atoms with van der Waals surface area (Å²) in [7, 11) is 1.34. The number of hydrogen-bond donors (Lipinski definition) is 1. The highest BCUT2D eigenvalue weighted by Gasteiger charge is 2.25. The SMILES string of the molecule is COC1=C(C)C(=O)C(CO)=CC1=O. The van der Waals surface area contributed by atoms with Crippen molar-refractivity contribution in [3.05, 3.63) is 23.0 Å². The molecule has 0 radical (unpaired) electrons. The van der Waals surface area contributed by atoms with Crippen LogP contribution in [0.5, 0.6) is 0 Å². The molecule has 70 valence electrons. The number of hydrogen-bond acceptors (Lipinski definition) is 4. The molecule has 0 heterocycles. The maximum Gasteiger partial charge on any atom is 0.221 e. The molecular weight excluding hydrogens is 172 g/mol. The number of methoxy groups -OCH3 is 1. The van der Waals surface area contributed by atoms with Crippen molar-refractivity contribution in [2.75, 3.05) is 13.7 Å². The molecule has 0 saturated carbocycles. The Kier molecular flexibility index (Phi) is 2.63. The van der Waals surface area contributed by atoms with Crippen LogP contribution in [-0.4, -0.2) is 30.4 Å². The van der Waals surface area contributed by atoms with Crippen LogP contribution in [0.3, 0.4) is 0 Å². The summed E-state index contributed by atoms with van der Waals surface area (Å²) in [5, 5.41) is 8.75. The maximum atomic E-state index is 11.4. The average Bonchev–Trinajstić information content (AvgIpc) is 2.12. The molecule has 0 aliphatic heterocycles. The third kappa shape index (κ3) is 1.53. The van der Waals surface area contributed by atoms with Gasteiger partial charge in [0.25, 0.3) is 0 Å². The average molecular weight is 182 g/mol. The molecule has 0 aromatic heterocycles. The molecule has 0 bridgehead atoms. The lowest BCUT2D eigenvalue weighted by Gasteiger charge is -2.13. The largest absolute Gasteiger partial charge is 0.492 e. The van der Waals surface area contributed by atoms with Crippen LogP contribution >= 0.6 is 0 Å². The van der Waals surface area contributed by atoms with Gasteiger partial charge in [-0.3, -0.25) is 9.59 Å². The molecule has 0 fully saturated rings. The standard InChI is InChI=1S/C9H10O4/c1-5-8(12)6(4-10)3-7(11)9(5)13-2/h3,10H,4H2,1-2H3. The normalized spacial score (nSPS) is 17.6. The number of ketones is 2. The predicted octanol–water partition coefficient (Wildman–Crippen LogP) is -0.0227. The molecule has 0 saturated heterocycles. The highest BCUT2D eigenvalue weighted by atomic mass is 16.5. The van der Waals surface area contributed by atoms with Gasteiger partial charge in [0, 0.05) is 11.1 Å². The van der Waals surface area contributed by atoms with Gasteiger partial charge < -0.3 is 9.84 Å². The van der Waals surface area contributed by atoms with Crippen LogP contribution in [0, 0.1) is 0 Å². The van der Waals surface area contributed by atoms with Crippen molar-refractivity contribution < 1.29 is 19.4 Å². The van der Waals surface area contributed by atoms with E-state index >= 15 is 0 Å². The molecule has 1 rings (SSSR count). The van der Waals surface area contributed by atoms with Gasteiger partial charge in [0.1, 0.15) is 0 Å². The van der Waals surface area contributed by atoms with E-state index in [0.29, 0.717) is 0 Å². The second-order valence-corrected chi connectivity index (χ2v) is 2.68. The number of allylic oxidation sites excluding steroid dienone is 2. The number of carbonyl (C=O) groups excluding carboxylic acids is 2. The number of ether oxygens (including phenoxy) is 1. The molecule has 4 heteroatoms. The first-order valence-corrected chi connectivity index (χ1v) is 3.77. The molecular formula is C9H10O4. The molecule has 0 amide bonds. The van der Waals surface area contributed by atoms with Crippen LogP contribution in [0.2, 0.25) is 0 Å². The van der Waals surface area contributed by atoms with Gasteiger partial charge in [0.2, 0.25) is 5.78 Å². The van der Waals surface area contributed by atoms with Crippen LogP contribution in [0.15, 0.2) is 23.0 Å².